The van der Waals surface area contributed by atoms with Crippen LogP contribution in [0.25, 0.3) is 0 Å². The summed E-state index contributed by atoms with van der Waals surface area (Å²) in [6.45, 7) is 1.53. The van der Waals surface area contributed by atoms with Crippen molar-refractivity contribution < 1.29 is 9.59 Å². The summed E-state index contributed by atoms with van der Waals surface area (Å²) >= 11 is 0. The number of anilines is 1. The molecule has 124 valence electrons. The summed E-state index contributed by atoms with van der Waals surface area (Å²) in [7, 11) is 0. The van der Waals surface area contributed by atoms with Crippen LogP contribution in [-0.4, -0.2) is 29.9 Å². The third-order valence-corrected chi connectivity index (χ3v) is 4.45. The van der Waals surface area contributed by atoms with Gasteiger partial charge in [0.15, 0.2) is 0 Å². The van der Waals surface area contributed by atoms with E-state index in [1.807, 2.05) is 11.0 Å². The number of carbonyl (C=O) groups excluding carboxylic acids is 2. The molecule has 0 radical (unpaired) electrons. The number of nitrogens with two attached hydrogens (primary N) is 1. The predicted octanol–water partition coefficient (Wildman–Crippen LogP) is 3.20. The highest BCUT2D eigenvalue weighted by atomic mass is 16.2. The molecule has 1 saturated heterocycles. The molecule has 5 nitrogen and oxygen atoms in total. The number of hydrogen-bond donors (Lipinski definition) is 2. The van der Waals surface area contributed by atoms with E-state index >= 15 is 0 Å². The summed E-state index contributed by atoms with van der Waals surface area (Å²) in [5.74, 6) is 0.560. The minimum absolute atomic E-state index is 0.0344. The fraction of sp³-hybridized carbons (Fsp3) is 0.263. The number of benzene rings is 2. The lowest BCUT2D eigenvalue weighted by Gasteiger charge is -2.32. The highest BCUT2D eigenvalue weighted by Gasteiger charge is 2.24. The van der Waals surface area contributed by atoms with Crippen LogP contribution >= 0.6 is 0 Å². The van der Waals surface area contributed by atoms with Crippen LogP contribution in [0.2, 0.25) is 0 Å². The van der Waals surface area contributed by atoms with Crippen LogP contribution in [0.3, 0.4) is 0 Å². The Bertz CT molecular complexity index is 705. The molecule has 2 aromatic carbocycles. The first-order valence-corrected chi connectivity index (χ1v) is 8.14. The van der Waals surface area contributed by atoms with Crippen LogP contribution in [0.4, 0.5) is 10.5 Å². The highest BCUT2D eigenvalue weighted by molar-refractivity contribution is 5.95. The van der Waals surface area contributed by atoms with Crippen molar-refractivity contribution in [3.05, 3.63) is 65.7 Å². The van der Waals surface area contributed by atoms with Crippen LogP contribution in [0.5, 0.6) is 0 Å². The Kier molecular flexibility index (Phi) is 4.79. The summed E-state index contributed by atoms with van der Waals surface area (Å²) in [6.07, 6.45) is 1.97. The molecule has 0 unspecified atom stereocenters. The van der Waals surface area contributed by atoms with E-state index in [1.54, 1.807) is 24.3 Å². The molecule has 0 atom stereocenters. The van der Waals surface area contributed by atoms with Gasteiger partial charge in [0.2, 0.25) is 0 Å². The Morgan fingerprint density at radius 3 is 2.17 bits per heavy atom. The van der Waals surface area contributed by atoms with E-state index in [9.17, 15) is 9.59 Å². The fourth-order valence-corrected chi connectivity index (χ4v) is 3.16. The molecule has 1 heterocycles. The van der Waals surface area contributed by atoms with Crippen molar-refractivity contribution in [3.63, 3.8) is 0 Å². The van der Waals surface area contributed by atoms with Gasteiger partial charge in [-0.1, -0.05) is 30.3 Å². The number of urea groups is 1. The SMILES string of the molecule is NC(=O)Nc1ccc(C(=O)N2CCC(c3ccccc3)CC2)cc1. The molecular weight excluding hydrogens is 302 g/mol. The minimum atomic E-state index is -0.614. The molecular formula is C19H21N3O2. The zero-order valence-corrected chi connectivity index (χ0v) is 13.4. The maximum atomic E-state index is 12.6. The van der Waals surface area contributed by atoms with Gasteiger partial charge in [-0.15, -0.1) is 0 Å². The number of nitrogens with zero attached hydrogens (tertiary/aromatic N) is 1. The van der Waals surface area contributed by atoms with E-state index in [-0.39, 0.29) is 5.91 Å². The van der Waals surface area contributed by atoms with Crippen molar-refractivity contribution in [1.29, 1.82) is 0 Å². The van der Waals surface area contributed by atoms with E-state index in [1.165, 1.54) is 5.56 Å². The topological polar surface area (TPSA) is 75.4 Å². The van der Waals surface area contributed by atoms with Gasteiger partial charge in [0, 0.05) is 24.3 Å². The molecule has 3 rings (SSSR count). The van der Waals surface area contributed by atoms with Gasteiger partial charge in [-0.3, -0.25) is 4.79 Å². The third kappa shape index (κ3) is 3.74. The van der Waals surface area contributed by atoms with Crippen molar-refractivity contribution in [1.82, 2.24) is 4.90 Å². The van der Waals surface area contributed by atoms with Gasteiger partial charge in [-0.2, -0.15) is 0 Å². The second kappa shape index (κ2) is 7.17. The van der Waals surface area contributed by atoms with Crippen molar-refractivity contribution >= 4 is 17.6 Å². The van der Waals surface area contributed by atoms with Crippen LogP contribution in [0.15, 0.2) is 54.6 Å². The van der Waals surface area contributed by atoms with Gasteiger partial charge in [0.05, 0.1) is 0 Å². The van der Waals surface area contributed by atoms with Crippen LogP contribution in [0.1, 0.15) is 34.7 Å². The number of primary amides is 1. The second-order valence-electron chi connectivity index (χ2n) is 6.04. The third-order valence-electron chi connectivity index (χ3n) is 4.45. The van der Waals surface area contributed by atoms with Gasteiger partial charge >= 0.3 is 6.03 Å². The van der Waals surface area contributed by atoms with Gasteiger partial charge in [-0.25, -0.2) is 4.79 Å². The summed E-state index contributed by atoms with van der Waals surface area (Å²) in [6, 6.07) is 16.7. The summed E-state index contributed by atoms with van der Waals surface area (Å²) in [4.78, 5) is 25.3. The average molecular weight is 323 g/mol. The molecule has 0 aromatic heterocycles. The first kappa shape index (κ1) is 16.1. The van der Waals surface area contributed by atoms with E-state index in [0.717, 1.165) is 25.9 Å². The molecule has 3 amide bonds. The number of carbonyl (C=O) groups is 2. The number of likely N-dealkylation sites (tertiary alicyclic amines) is 1. The standard InChI is InChI=1S/C19H21N3O2/c20-19(24)21-17-8-6-16(7-9-17)18(23)22-12-10-15(11-13-22)14-4-2-1-3-5-14/h1-9,15H,10-13H2,(H3,20,21,24). The van der Waals surface area contributed by atoms with Crippen molar-refractivity contribution in [2.75, 3.05) is 18.4 Å². The smallest absolute Gasteiger partial charge is 0.316 e. The Morgan fingerprint density at radius 1 is 0.958 bits per heavy atom. The fourth-order valence-electron chi connectivity index (χ4n) is 3.16. The van der Waals surface area contributed by atoms with Crippen molar-refractivity contribution in [3.8, 4) is 0 Å². The molecule has 1 aliphatic rings. The van der Waals surface area contributed by atoms with Gasteiger partial charge < -0.3 is 16.0 Å². The lowest BCUT2D eigenvalue weighted by atomic mass is 9.89. The highest BCUT2D eigenvalue weighted by Crippen LogP contribution is 2.28. The Hall–Kier alpha value is -2.82. The summed E-state index contributed by atoms with van der Waals surface area (Å²) in [5.41, 5.74) is 7.64. The van der Waals surface area contributed by atoms with Gasteiger partial charge in [-0.05, 0) is 48.6 Å². The molecule has 1 fully saturated rings. The van der Waals surface area contributed by atoms with Crippen LogP contribution < -0.4 is 11.1 Å². The summed E-state index contributed by atoms with van der Waals surface area (Å²) < 4.78 is 0. The van der Waals surface area contributed by atoms with Gasteiger partial charge in [0.1, 0.15) is 0 Å². The molecule has 0 aliphatic carbocycles. The molecule has 1 aliphatic heterocycles. The van der Waals surface area contributed by atoms with Crippen LogP contribution in [0, 0.1) is 0 Å². The average Bonchev–Trinajstić information content (AvgIpc) is 2.62. The van der Waals surface area contributed by atoms with Gasteiger partial charge in [0.25, 0.3) is 5.91 Å². The lowest BCUT2D eigenvalue weighted by Crippen LogP contribution is -2.37. The van der Waals surface area contributed by atoms with E-state index in [0.29, 0.717) is 17.2 Å². The maximum Gasteiger partial charge on any atom is 0.316 e. The summed E-state index contributed by atoms with van der Waals surface area (Å²) in [5, 5.41) is 2.49. The number of rotatable bonds is 3. The molecule has 0 spiro atoms. The predicted molar refractivity (Wildman–Crippen MR) is 94.0 cm³/mol. The zero-order chi connectivity index (χ0) is 16.9. The van der Waals surface area contributed by atoms with E-state index in [4.69, 9.17) is 5.73 Å². The quantitative estimate of drug-likeness (QED) is 0.910. The molecule has 3 N–H and O–H groups in total. The number of nitrogens with one attached hydrogen (secondary N) is 1. The maximum absolute atomic E-state index is 12.6. The Balaban J connectivity index is 1.60. The lowest BCUT2D eigenvalue weighted by molar-refractivity contribution is 0.0713. The molecule has 24 heavy (non-hydrogen) atoms. The number of hydrogen-bond acceptors (Lipinski definition) is 2. The molecule has 0 saturated carbocycles. The van der Waals surface area contributed by atoms with E-state index < -0.39 is 6.03 Å². The number of piperidine rings is 1. The second-order valence-corrected chi connectivity index (χ2v) is 6.04. The largest absolute Gasteiger partial charge is 0.351 e. The van der Waals surface area contributed by atoms with E-state index in [2.05, 4.69) is 29.6 Å². The zero-order valence-electron chi connectivity index (χ0n) is 13.4. The minimum Gasteiger partial charge on any atom is -0.351 e. The molecule has 0 bridgehead atoms. The molecule has 2 aromatic rings. The Morgan fingerprint density at radius 2 is 1.58 bits per heavy atom. The van der Waals surface area contributed by atoms with Crippen molar-refractivity contribution in [2.45, 2.75) is 18.8 Å². The number of amides is 3. The normalized spacial score (nSPS) is 15.1. The first-order chi connectivity index (χ1) is 11.6. The van der Waals surface area contributed by atoms with Crippen molar-refractivity contribution in [2.24, 2.45) is 5.73 Å². The monoisotopic (exact) mass is 323 g/mol. The molecule has 5 heteroatoms. The first-order valence-electron chi connectivity index (χ1n) is 8.14. The van der Waals surface area contributed by atoms with Crippen LogP contribution in [-0.2, 0) is 0 Å². The Labute approximate surface area is 141 Å².